The van der Waals surface area contributed by atoms with Crippen LogP contribution in [-0.4, -0.2) is 27.4 Å². The fraction of sp³-hybridized carbons (Fsp3) is 0.381. The minimum Gasteiger partial charge on any atom is -0.465 e. The quantitative estimate of drug-likeness (QED) is 0.465. The maximum Gasteiger partial charge on any atom is 0.319 e. The number of aryl methyl sites for hydroxylation is 3. The van der Waals surface area contributed by atoms with Crippen molar-refractivity contribution in [2.24, 2.45) is 0 Å². The van der Waals surface area contributed by atoms with Gasteiger partial charge in [0.1, 0.15) is 10.1 Å². The van der Waals surface area contributed by atoms with Gasteiger partial charge >= 0.3 is 5.97 Å². The van der Waals surface area contributed by atoms with E-state index in [1.165, 1.54) is 22.2 Å². The van der Waals surface area contributed by atoms with Crippen LogP contribution in [0.1, 0.15) is 34.9 Å². The smallest absolute Gasteiger partial charge is 0.319 e. The van der Waals surface area contributed by atoms with Crippen LogP contribution in [0.15, 0.2) is 34.2 Å². The molecule has 0 saturated carbocycles. The number of carbonyl (C=O) groups excluding carboxylic acids is 1. The topological polar surface area (TPSA) is 61.2 Å². The Balaban J connectivity index is 1.85. The molecule has 28 heavy (non-hydrogen) atoms. The highest BCUT2D eigenvalue weighted by Crippen LogP contribution is 2.33. The lowest BCUT2D eigenvalue weighted by atomic mass is 10.1. The number of hydrogen-bond donors (Lipinski definition) is 0. The van der Waals surface area contributed by atoms with E-state index < -0.39 is 0 Å². The highest BCUT2D eigenvalue weighted by atomic mass is 32.2. The van der Waals surface area contributed by atoms with Crippen molar-refractivity contribution in [1.29, 1.82) is 0 Å². The summed E-state index contributed by atoms with van der Waals surface area (Å²) >= 11 is 2.92. The second kappa shape index (κ2) is 7.72. The van der Waals surface area contributed by atoms with Crippen LogP contribution in [0, 0.1) is 13.8 Å². The monoisotopic (exact) mass is 414 g/mol. The SMILES string of the molecule is CCc1sc2nc(S[C@H]3CCOC3=O)n(Cc3ccc(C)cc3)c(=O)c2c1C. The number of thiophene rings is 1. The fourth-order valence-corrected chi connectivity index (χ4v) is 5.61. The van der Waals surface area contributed by atoms with Crippen molar-refractivity contribution in [2.45, 2.75) is 50.6 Å². The zero-order valence-corrected chi connectivity index (χ0v) is 17.8. The molecule has 0 bridgehead atoms. The van der Waals surface area contributed by atoms with Crippen LogP contribution in [0.5, 0.6) is 0 Å². The van der Waals surface area contributed by atoms with Crippen LogP contribution in [0.2, 0.25) is 0 Å². The fourth-order valence-electron chi connectivity index (χ4n) is 3.40. The molecule has 1 aliphatic rings. The molecular weight excluding hydrogens is 392 g/mol. The van der Waals surface area contributed by atoms with E-state index in [0.717, 1.165) is 22.4 Å². The lowest BCUT2D eigenvalue weighted by molar-refractivity contribution is -0.137. The molecule has 0 amide bonds. The molecule has 1 saturated heterocycles. The van der Waals surface area contributed by atoms with E-state index in [2.05, 4.69) is 6.92 Å². The highest BCUT2D eigenvalue weighted by Gasteiger charge is 2.30. The first-order chi connectivity index (χ1) is 13.5. The van der Waals surface area contributed by atoms with Gasteiger partial charge < -0.3 is 4.74 Å². The van der Waals surface area contributed by atoms with Gasteiger partial charge in [-0.05, 0) is 31.4 Å². The van der Waals surface area contributed by atoms with Gasteiger partial charge in [-0.2, -0.15) is 0 Å². The first-order valence-corrected chi connectivity index (χ1v) is 11.1. The zero-order valence-electron chi connectivity index (χ0n) is 16.2. The van der Waals surface area contributed by atoms with Crippen molar-refractivity contribution in [1.82, 2.24) is 9.55 Å². The summed E-state index contributed by atoms with van der Waals surface area (Å²) < 4.78 is 6.81. The summed E-state index contributed by atoms with van der Waals surface area (Å²) in [4.78, 5) is 32.2. The van der Waals surface area contributed by atoms with Gasteiger partial charge in [0.25, 0.3) is 5.56 Å². The Hall–Kier alpha value is -2.12. The average Bonchev–Trinajstić information content (AvgIpc) is 3.22. The molecule has 0 spiro atoms. The van der Waals surface area contributed by atoms with Crippen molar-refractivity contribution in [3.05, 3.63) is 56.2 Å². The largest absolute Gasteiger partial charge is 0.465 e. The molecule has 5 nitrogen and oxygen atoms in total. The number of hydrogen-bond acceptors (Lipinski definition) is 6. The number of esters is 1. The third kappa shape index (κ3) is 3.49. The number of aromatic nitrogens is 2. The van der Waals surface area contributed by atoms with E-state index in [4.69, 9.17) is 9.72 Å². The predicted octanol–water partition coefficient (Wildman–Crippen LogP) is 4.09. The van der Waals surface area contributed by atoms with E-state index in [0.29, 0.717) is 30.1 Å². The molecule has 1 fully saturated rings. The first kappa shape index (κ1) is 19.2. The summed E-state index contributed by atoms with van der Waals surface area (Å²) in [5.74, 6) is -0.224. The van der Waals surface area contributed by atoms with E-state index in [1.54, 1.807) is 15.9 Å². The zero-order chi connectivity index (χ0) is 19.8. The summed E-state index contributed by atoms with van der Waals surface area (Å²) in [6, 6.07) is 8.14. The van der Waals surface area contributed by atoms with Crippen molar-refractivity contribution in [3.8, 4) is 0 Å². The van der Waals surface area contributed by atoms with Crippen LogP contribution in [0.4, 0.5) is 0 Å². The van der Waals surface area contributed by atoms with Crippen LogP contribution in [-0.2, 0) is 22.5 Å². The minimum absolute atomic E-state index is 0.0344. The summed E-state index contributed by atoms with van der Waals surface area (Å²) in [6.45, 7) is 6.99. The third-order valence-corrected chi connectivity index (χ3v) is 7.60. The molecular formula is C21H22N2O3S2. The summed E-state index contributed by atoms with van der Waals surface area (Å²) in [7, 11) is 0. The van der Waals surface area contributed by atoms with E-state index in [9.17, 15) is 9.59 Å². The molecule has 3 aromatic rings. The number of nitrogens with zero attached hydrogens (tertiary/aromatic N) is 2. The Bertz CT molecular complexity index is 1100. The molecule has 0 N–H and O–H groups in total. The van der Waals surface area contributed by atoms with Gasteiger partial charge in [-0.1, -0.05) is 48.5 Å². The Kier molecular flexibility index (Phi) is 5.29. The lowest BCUT2D eigenvalue weighted by Crippen LogP contribution is -2.25. The summed E-state index contributed by atoms with van der Waals surface area (Å²) in [5, 5.41) is 0.985. The maximum absolute atomic E-state index is 13.4. The Morgan fingerprint density at radius 2 is 2.00 bits per heavy atom. The van der Waals surface area contributed by atoms with Crippen LogP contribution in [0.25, 0.3) is 10.2 Å². The number of thioether (sulfide) groups is 1. The standard InChI is InChI=1S/C21H22N2O3S2/c1-4-15-13(3)17-18(27-15)22-21(28-16-9-10-26-20(16)25)23(19(17)24)11-14-7-5-12(2)6-8-14/h5-8,16H,4,9-11H2,1-3H3/t16-/m0/s1. The van der Waals surface area contributed by atoms with E-state index >= 15 is 0 Å². The summed E-state index contributed by atoms with van der Waals surface area (Å²) in [6.07, 6.45) is 1.52. The van der Waals surface area contributed by atoms with E-state index in [-0.39, 0.29) is 16.8 Å². The molecule has 3 heterocycles. The molecule has 1 aromatic carbocycles. The highest BCUT2D eigenvalue weighted by molar-refractivity contribution is 8.00. The van der Waals surface area contributed by atoms with Crippen molar-refractivity contribution < 1.29 is 9.53 Å². The Morgan fingerprint density at radius 3 is 2.64 bits per heavy atom. The Morgan fingerprint density at radius 1 is 1.25 bits per heavy atom. The minimum atomic E-state index is -0.305. The number of ether oxygens (including phenoxy) is 1. The van der Waals surface area contributed by atoms with Crippen LogP contribution in [0.3, 0.4) is 0 Å². The first-order valence-electron chi connectivity index (χ1n) is 9.39. The number of fused-ring (bicyclic) bond motifs is 1. The number of benzene rings is 1. The summed E-state index contributed by atoms with van der Waals surface area (Å²) in [5.41, 5.74) is 3.20. The van der Waals surface area contributed by atoms with E-state index in [1.807, 2.05) is 38.1 Å². The van der Waals surface area contributed by atoms with Gasteiger partial charge in [0.05, 0.1) is 18.5 Å². The van der Waals surface area contributed by atoms with Gasteiger partial charge in [-0.3, -0.25) is 14.2 Å². The normalized spacial score (nSPS) is 16.7. The Labute approximate surface area is 171 Å². The molecule has 7 heteroatoms. The maximum atomic E-state index is 13.4. The molecule has 0 aliphatic carbocycles. The van der Waals surface area contributed by atoms with Crippen LogP contribution < -0.4 is 5.56 Å². The third-order valence-electron chi connectivity index (χ3n) is 5.03. The molecule has 0 unspecified atom stereocenters. The second-order valence-electron chi connectivity index (χ2n) is 7.02. The van der Waals surface area contributed by atoms with Gasteiger partial charge in [0, 0.05) is 11.3 Å². The van der Waals surface area contributed by atoms with Crippen molar-refractivity contribution in [2.75, 3.05) is 6.61 Å². The number of cyclic esters (lactones) is 1. The molecule has 2 aromatic heterocycles. The van der Waals surface area contributed by atoms with Crippen LogP contribution >= 0.6 is 23.1 Å². The molecule has 1 atom stereocenters. The molecule has 1 aliphatic heterocycles. The lowest BCUT2D eigenvalue weighted by Gasteiger charge is -2.14. The van der Waals surface area contributed by atoms with Crippen molar-refractivity contribution >= 4 is 39.3 Å². The van der Waals surface area contributed by atoms with Crippen molar-refractivity contribution in [3.63, 3.8) is 0 Å². The molecule has 0 radical (unpaired) electrons. The van der Waals surface area contributed by atoms with Gasteiger partial charge in [0.2, 0.25) is 0 Å². The number of rotatable bonds is 5. The van der Waals surface area contributed by atoms with Gasteiger partial charge in [0.15, 0.2) is 5.16 Å². The second-order valence-corrected chi connectivity index (χ2v) is 9.27. The molecule has 146 valence electrons. The van der Waals surface area contributed by atoms with Gasteiger partial charge in [-0.15, -0.1) is 11.3 Å². The number of carbonyl (C=O) groups is 1. The predicted molar refractivity (Wildman–Crippen MR) is 113 cm³/mol. The molecule has 4 rings (SSSR count). The van der Waals surface area contributed by atoms with Gasteiger partial charge in [-0.25, -0.2) is 4.98 Å². The average molecular weight is 415 g/mol.